The summed E-state index contributed by atoms with van der Waals surface area (Å²) in [5.41, 5.74) is 1.81. The summed E-state index contributed by atoms with van der Waals surface area (Å²) in [4.78, 5) is 0. The maximum absolute atomic E-state index is 9.10. The van der Waals surface area contributed by atoms with Crippen LogP contribution in [0.25, 0.3) is 0 Å². The average Bonchev–Trinajstić information content (AvgIpc) is 3.01. The molecule has 0 saturated carbocycles. The summed E-state index contributed by atoms with van der Waals surface area (Å²) in [6.45, 7) is 8.89. The Bertz CT molecular complexity index is 1180. The fourth-order valence-corrected chi connectivity index (χ4v) is 6.56. The van der Waals surface area contributed by atoms with Crippen molar-refractivity contribution in [2.45, 2.75) is 64.2 Å². The first-order valence-corrected chi connectivity index (χ1v) is 15.4. The summed E-state index contributed by atoms with van der Waals surface area (Å²) in [6.07, 6.45) is 0.0283. The van der Waals surface area contributed by atoms with Gasteiger partial charge in [-0.25, -0.2) is 4.67 Å². The predicted octanol–water partition coefficient (Wildman–Crippen LogP) is 7.26. The lowest BCUT2D eigenvalue weighted by molar-refractivity contribution is -0.0291. The first kappa shape index (κ1) is 33.6. The van der Waals surface area contributed by atoms with Gasteiger partial charge in [-0.1, -0.05) is 60.9 Å². The van der Waals surface area contributed by atoms with Crippen LogP contribution in [0.5, 0.6) is 11.5 Å². The third kappa shape index (κ3) is 8.34. The summed E-state index contributed by atoms with van der Waals surface area (Å²) in [5, 5.41) is 9.10. The number of benzene rings is 3. The van der Waals surface area contributed by atoms with E-state index in [1.54, 1.807) is 14.2 Å². The van der Waals surface area contributed by atoms with Crippen LogP contribution < -0.4 is 9.47 Å². The molecule has 0 spiro atoms. The average molecular weight is 588 g/mol. The highest BCUT2D eigenvalue weighted by Crippen LogP contribution is 2.48. The van der Waals surface area contributed by atoms with Gasteiger partial charge >= 0.3 is 0 Å². The van der Waals surface area contributed by atoms with Crippen molar-refractivity contribution < 1.29 is 23.3 Å². The van der Waals surface area contributed by atoms with E-state index in [4.69, 9.17) is 36.4 Å². The van der Waals surface area contributed by atoms with Gasteiger partial charge in [-0.2, -0.15) is 5.26 Å². The zero-order chi connectivity index (χ0) is 30.5. The summed E-state index contributed by atoms with van der Waals surface area (Å²) >= 11 is 0. The fraction of sp³-hybridized carbons (Fsp3) is 0.424. The van der Waals surface area contributed by atoms with Crippen molar-refractivity contribution in [3.05, 3.63) is 95.6 Å². The SMILES string of the molecule is [B]C[C@@H](COC(c1ccccc1)(c1ccc(OC)cc1)c1ccc(OC)cc1)OP(OCCC#N)N(C(C)C)C(C)C. The highest BCUT2D eigenvalue weighted by Gasteiger charge is 2.39. The number of methoxy groups -OCH3 is 2. The number of hydrogen-bond donors (Lipinski definition) is 0. The Morgan fingerprint density at radius 1 is 0.810 bits per heavy atom. The van der Waals surface area contributed by atoms with Gasteiger partial charge in [0.15, 0.2) is 0 Å². The number of nitrogens with zero attached hydrogens (tertiary/aromatic N) is 2. The van der Waals surface area contributed by atoms with E-state index in [1.165, 1.54) is 0 Å². The summed E-state index contributed by atoms with van der Waals surface area (Å²) in [6, 6.07) is 28.4. The van der Waals surface area contributed by atoms with Crippen LogP contribution in [-0.2, 0) is 19.4 Å². The molecule has 0 saturated heterocycles. The molecule has 2 radical (unpaired) electrons. The van der Waals surface area contributed by atoms with Crippen molar-refractivity contribution in [3.8, 4) is 17.6 Å². The molecule has 9 heteroatoms. The van der Waals surface area contributed by atoms with E-state index in [2.05, 4.69) is 50.6 Å². The van der Waals surface area contributed by atoms with E-state index < -0.39 is 20.2 Å². The van der Waals surface area contributed by atoms with Crippen molar-refractivity contribution in [2.24, 2.45) is 0 Å². The molecule has 7 nitrogen and oxygen atoms in total. The predicted molar refractivity (Wildman–Crippen MR) is 169 cm³/mol. The molecule has 42 heavy (non-hydrogen) atoms. The summed E-state index contributed by atoms with van der Waals surface area (Å²) in [5.74, 6) is 1.50. The number of hydrogen-bond acceptors (Lipinski definition) is 7. The Hall–Kier alpha value is -2.92. The topological polar surface area (TPSA) is 73.2 Å². The van der Waals surface area contributed by atoms with Crippen molar-refractivity contribution in [3.63, 3.8) is 0 Å². The van der Waals surface area contributed by atoms with Gasteiger partial charge in [-0.15, -0.1) is 0 Å². The first-order valence-electron chi connectivity index (χ1n) is 14.2. The smallest absolute Gasteiger partial charge is 0.259 e. The number of nitriles is 1. The minimum absolute atomic E-state index is 0.166. The Balaban J connectivity index is 2.06. The Morgan fingerprint density at radius 3 is 1.74 bits per heavy atom. The van der Waals surface area contributed by atoms with Crippen molar-refractivity contribution >= 4 is 16.4 Å². The third-order valence-corrected chi connectivity index (χ3v) is 9.01. The lowest BCUT2D eigenvalue weighted by Gasteiger charge is -2.39. The van der Waals surface area contributed by atoms with Gasteiger partial charge in [-0.05, 0) is 68.7 Å². The van der Waals surface area contributed by atoms with E-state index in [0.29, 0.717) is 0 Å². The molecule has 3 rings (SSSR count). The van der Waals surface area contributed by atoms with E-state index in [1.807, 2.05) is 66.7 Å². The monoisotopic (exact) mass is 588 g/mol. The molecule has 2 atom stereocenters. The van der Waals surface area contributed by atoms with Crippen LogP contribution in [0.1, 0.15) is 50.8 Å². The molecule has 0 heterocycles. The van der Waals surface area contributed by atoms with Gasteiger partial charge in [0.1, 0.15) is 17.1 Å². The molecule has 1 unspecified atom stereocenters. The molecule has 222 valence electrons. The van der Waals surface area contributed by atoms with E-state index >= 15 is 0 Å². The second-order valence-electron chi connectivity index (χ2n) is 10.3. The highest BCUT2D eigenvalue weighted by atomic mass is 31.2. The maximum Gasteiger partial charge on any atom is 0.259 e. The van der Waals surface area contributed by atoms with E-state index in [-0.39, 0.29) is 38.0 Å². The minimum Gasteiger partial charge on any atom is -0.497 e. The first-order chi connectivity index (χ1) is 20.3. The zero-order valence-corrected chi connectivity index (χ0v) is 26.4. The van der Waals surface area contributed by atoms with E-state index in [9.17, 15) is 0 Å². The van der Waals surface area contributed by atoms with Crippen LogP contribution in [0.2, 0.25) is 6.32 Å². The molecule has 0 aliphatic carbocycles. The van der Waals surface area contributed by atoms with Gasteiger partial charge in [0.05, 0.1) is 53.9 Å². The molecule has 0 N–H and O–H groups in total. The van der Waals surface area contributed by atoms with Crippen LogP contribution in [0.4, 0.5) is 0 Å². The van der Waals surface area contributed by atoms with Gasteiger partial charge in [-0.3, -0.25) is 0 Å². The van der Waals surface area contributed by atoms with Gasteiger partial charge in [0, 0.05) is 12.1 Å². The molecule has 3 aromatic carbocycles. The Labute approximate surface area is 254 Å². The van der Waals surface area contributed by atoms with Crippen molar-refractivity contribution in [2.75, 3.05) is 27.4 Å². The van der Waals surface area contributed by atoms with Crippen molar-refractivity contribution in [1.29, 1.82) is 5.26 Å². The largest absolute Gasteiger partial charge is 0.497 e. The standard InChI is InChI=1S/C33H42BN2O5P/c1-25(2)36(26(3)4)42(40-22-10-21-35)41-32(23-34)24-39-33(27-11-8-7-9-12-27,28-13-17-30(37-5)18-14-28)29-15-19-31(38-6)20-16-29/h7-9,11-20,25-26,32H,10,22-24H2,1-6H3/t32-,42?/m0/s1. The van der Waals surface area contributed by atoms with Crippen LogP contribution in [0.3, 0.4) is 0 Å². The zero-order valence-electron chi connectivity index (χ0n) is 25.5. The van der Waals surface area contributed by atoms with Crippen molar-refractivity contribution in [1.82, 2.24) is 4.67 Å². The van der Waals surface area contributed by atoms with Crippen LogP contribution in [0, 0.1) is 11.3 Å². The second-order valence-corrected chi connectivity index (χ2v) is 11.7. The van der Waals surface area contributed by atoms with Crippen LogP contribution in [-0.4, -0.2) is 58.1 Å². The fourth-order valence-electron chi connectivity index (χ4n) is 4.86. The van der Waals surface area contributed by atoms with Gasteiger partial charge < -0.3 is 23.3 Å². The minimum atomic E-state index is -1.49. The lowest BCUT2D eigenvalue weighted by Crippen LogP contribution is -2.38. The molecule has 0 fully saturated rings. The normalized spacial score (nSPS) is 13.2. The van der Waals surface area contributed by atoms with Crippen LogP contribution in [0.15, 0.2) is 78.9 Å². The molecular formula is C33H42BN2O5P. The molecular weight excluding hydrogens is 546 g/mol. The van der Waals surface area contributed by atoms with Gasteiger partial charge in [0.25, 0.3) is 8.53 Å². The number of ether oxygens (including phenoxy) is 3. The second kappa shape index (κ2) is 16.7. The quantitative estimate of drug-likeness (QED) is 0.0711. The molecule has 3 aromatic rings. The van der Waals surface area contributed by atoms with E-state index in [0.717, 1.165) is 28.2 Å². The summed E-state index contributed by atoms with van der Waals surface area (Å²) < 4.78 is 32.8. The Morgan fingerprint density at radius 2 is 1.31 bits per heavy atom. The Kier molecular flexibility index (Phi) is 13.3. The molecule has 0 aliphatic rings. The maximum atomic E-state index is 9.10. The summed E-state index contributed by atoms with van der Waals surface area (Å²) in [7, 11) is 8.10. The number of rotatable bonds is 17. The highest BCUT2D eigenvalue weighted by molar-refractivity contribution is 7.44. The molecule has 0 aromatic heterocycles. The third-order valence-electron chi connectivity index (χ3n) is 6.82. The molecule has 0 bridgehead atoms. The van der Waals surface area contributed by atoms with Gasteiger partial charge in [0.2, 0.25) is 0 Å². The van der Waals surface area contributed by atoms with Crippen LogP contribution >= 0.6 is 8.53 Å². The molecule has 0 aliphatic heterocycles. The molecule has 0 amide bonds. The lowest BCUT2D eigenvalue weighted by atomic mass is 9.80.